The molecule has 0 spiro atoms. The molecule has 0 aliphatic carbocycles. The molecule has 0 aliphatic heterocycles. The summed E-state index contributed by atoms with van der Waals surface area (Å²) >= 11 is -0.665. The van der Waals surface area contributed by atoms with Crippen LogP contribution < -0.4 is 21.2 Å². The van der Waals surface area contributed by atoms with Crippen molar-refractivity contribution in [2.75, 3.05) is 0 Å². The van der Waals surface area contributed by atoms with E-state index in [9.17, 15) is 33.2 Å². The van der Waals surface area contributed by atoms with Crippen LogP contribution >= 0.6 is 0 Å². The number of nitro benzene ring substituents is 2. The predicted octanol–water partition coefficient (Wildman–Crippen LogP) is 0.531. The first-order chi connectivity index (χ1) is 14.1. The van der Waals surface area contributed by atoms with E-state index < -0.39 is 41.2 Å². The van der Waals surface area contributed by atoms with Crippen molar-refractivity contribution in [3.8, 4) is 0 Å². The standard InChI is InChI=1S/C12H8IN2O4.C7H8O3S/c16-14(17)11-5-1-3-9(7-11)13-10-4-2-6-12(8-10)15(18)19;1-6-2-4-7(5-3-6)11(8,9)10/h1-8H;2-5H,1H3,(H,8,9,10)/q+1;/p-1. The highest BCUT2D eigenvalue weighted by atomic mass is 127. The molecule has 0 fully saturated rings. The fourth-order valence-corrected chi connectivity index (χ4v) is 5.04. The van der Waals surface area contributed by atoms with Gasteiger partial charge >= 0.3 is 21.2 Å². The summed E-state index contributed by atoms with van der Waals surface area (Å²) in [7, 11) is -4.27. The Morgan fingerprint density at radius 2 is 1.20 bits per heavy atom. The molecule has 0 aromatic heterocycles. The van der Waals surface area contributed by atoms with Crippen molar-refractivity contribution in [1.29, 1.82) is 0 Å². The second kappa shape index (κ2) is 10.2. The third-order valence-corrected chi connectivity index (χ3v) is 7.00. The monoisotopic (exact) mass is 542 g/mol. The number of non-ortho nitro benzene ring substituents is 2. The Bertz CT molecular complexity index is 1110. The molecule has 0 bridgehead atoms. The molecule has 0 amide bonds. The van der Waals surface area contributed by atoms with Crippen LogP contribution in [0.15, 0.2) is 77.7 Å². The highest BCUT2D eigenvalue weighted by Crippen LogP contribution is 2.10. The molecule has 30 heavy (non-hydrogen) atoms. The topological polar surface area (TPSA) is 143 Å². The molecular formula is C19H15IN2O7S. The van der Waals surface area contributed by atoms with Crippen molar-refractivity contribution < 1.29 is 44.0 Å². The Kier molecular flexibility index (Phi) is 7.97. The maximum Gasteiger partial charge on any atom is 0.358 e. The maximum absolute atomic E-state index is 10.7. The van der Waals surface area contributed by atoms with Crippen molar-refractivity contribution in [3.05, 3.63) is 106 Å². The third-order valence-electron chi connectivity index (χ3n) is 3.57. The van der Waals surface area contributed by atoms with Gasteiger partial charge < -0.3 is 4.55 Å². The SMILES string of the molecule is Cc1ccc(S(=O)(=O)[O-])cc1.O=[N+]([O-])c1cccc([I+]c2cccc([N+](=O)[O-])c2)c1. The molecule has 3 aromatic carbocycles. The van der Waals surface area contributed by atoms with Gasteiger partial charge in [0.2, 0.25) is 7.14 Å². The number of aryl methyl sites for hydroxylation is 1. The number of benzene rings is 3. The smallest absolute Gasteiger partial charge is 0.358 e. The second-order valence-corrected chi connectivity index (χ2v) is 10.2. The summed E-state index contributed by atoms with van der Waals surface area (Å²) in [5, 5.41) is 21.4. The average molecular weight is 542 g/mol. The van der Waals surface area contributed by atoms with E-state index in [2.05, 4.69) is 0 Å². The Morgan fingerprint density at radius 3 is 1.57 bits per heavy atom. The van der Waals surface area contributed by atoms with Gasteiger partial charge in [0.05, 0.1) is 26.9 Å². The summed E-state index contributed by atoms with van der Waals surface area (Å²) in [5.41, 5.74) is 1.02. The van der Waals surface area contributed by atoms with Gasteiger partial charge in [0.1, 0.15) is 10.1 Å². The largest absolute Gasteiger partial charge is 0.744 e. The lowest BCUT2D eigenvalue weighted by Gasteiger charge is -2.05. The number of rotatable bonds is 5. The zero-order chi connectivity index (χ0) is 22.3. The summed E-state index contributed by atoms with van der Waals surface area (Å²) in [6.45, 7) is 1.82. The fourth-order valence-electron chi connectivity index (χ4n) is 2.13. The normalized spacial score (nSPS) is 10.6. The van der Waals surface area contributed by atoms with Crippen molar-refractivity contribution in [1.82, 2.24) is 0 Å². The molecule has 0 aliphatic rings. The van der Waals surface area contributed by atoms with Gasteiger partial charge in [-0.05, 0) is 31.2 Å². The summed E-state index contributed by atoms with van der Waals surface area (Å²) in [6.07, 6.45) is 0. The van der Waals surface area contributed by atoms with Crippen LogP contribution in [-0.4, -0.2) is 22.8 Å². The molecule has 0 N–H and O–H groups in total. The van der Waals surface area contributed by atoms with Gasteiger partial charge in [-0.15, -0.1) is 0 Å². The van der Waals surface area contributed by atoms with Gasteiger partial charge in [0, 0.05) is 12.1 Å². The van der Waals surface area contributed by atoms with Gasteiger partial charge in [0.25, 0.3) is 11.4 Å². The summed E-state index contributed by atoms with van der Waals surface area (Å²) in [5.74, 6) is 0. The van der Waals surface area contributed by atoms with Crippen LogP contribution in [0.5, 0.6) is 0 Å². The van der Waals surface area contributed by atoms with Gasteiger partial charge in [-0.3, -0.25) is 20.2 Å². The van der Waals surface area contributed by atoms with Gasteiger partial charge in [-0.1, -0.05) is 29.8 Å². The van der Waals surface area contributed by atoms with Crippen LogP contribution in [0, 0.1) is 34.3 Å². The van der Waals surface area contributed by atoms with Crippen LogP contribution in [0.1, 0.15) is 5.56 Å². The lowest BCUT2D eigenvalue weighted by atomic mass is 10.2. The molecule has 0 saturated heterocycles. The van der Waals surface area contributed by atoms with Crippen LogP contribution in [-0.2, 0) is 10.1 Å². The fraction of sp³-hybridized carbons (Fsp3) is 0.0526. The molecular weight excluding hydrogens is 527 g/mol. The van der Waals surface area contributed by atoms with E-state index in [1.165, 1.54) is 36.4 Å². The average Bonchev–Trinajstić information content (AvgIpc) is 2.68. The van der Waals surface area contributed by atoms with Crippen LogP contribution in [0.4, 0.5) is 11.4 Å². The molecule has 0 unspecified atom stereocenters. The van der Waals surface area contributed by atoms with Crippen molar-refractivity contribution in [2.45, 2.75) is 11.8 Å². The third kappa shape index (κ3) is 7.17. The van der Waals surface area contributed by atoms with E-state index in [-0.39, 0.29) is 16.3 Å². The molecule has 0 atom stereocenters. The van der Waals surface area contributed by atoms with Crippen LogP contribution in [0.25, 0.3) is 0 Å². The first kappa shape index (κ1) is 23.4. The lowest BCUT2D eigenvalue weighted by molar-refractivity contribution is -0.598. The molecule has 11 heteroatoms. The van der Waals surface area contributed by atoms with Gasteiger partial charge in [-0.25, -0.2) is 8.42 Å². The Hall–Kier alpha value is -2.90. The number of nitro groups is 2. The minimum atomic E-state index is -4.27. The summed E-state index contributed by atoms with van der Waals surface area (Å²) in [4.78, 5) is 20.3. The molecule has 156 valence electrons. The van der Waals surface area contributed by atoms with Crippen molar-refractivity contribution in [3.63, 3.8) is 0 Å². The number of hydrogen-bond donors (Lipinski definition) is 0. The molecule has 9 nitrogen and oxygen atoms in total. The number of hydrogen-bond acceptors (Lipinski definition) is 7. The second-order valence-electron chi connectivity index (χ2n) is 5.84. The molecule has 0 radical (unpaired) electrons. The van der Waals surface area contributed by atoms with Gasteiger partial charge in [0.15, 0.2) is 0 Å². The first-order valence-electron chi connectivity index (χ1n) is 8.22. The van der Waals surface area contributed by atoms with E-state index >= 15 is 0 Å². The van der Waals surface area contributed by atoms with E-state index in [0.717, 1.165) is 12.7 Å². The molecule has 3 rings (SSSR count). The van der Waals surface area contributed by atoms with Crippen molar-refractivity contribution in [2.24, 2.45) is 0 Å². The highest BCUT2D eigenvalue weighted by molar-refractivity contribution is 7.85. The molecule has 0 heterocycles. The summed E-state index contributed by atoms with van der Waals surface area (Å²) < 4.78 is 32.9. The Morgan fingerprint density at radius 1 is 0.767 bits per heavy atom. The highest BCUT2D eigenvalue weighted by Gasteiger charge is 2.21. The molecule has 0 saturated carbocycles. The van der Waals surface area contributed by atoms with E-state index in [1.54, 1.807) is 36.4 Å². The van der Waals surface area contributed by atoms with Crippen LogP contribution in [0.3, 0.4) is 0 Å². The number of halogens is 1. The number of nitrogens with zero attached hydrogens (tertiary/aromatic N) is 2. The first-order valence-corrected chi connectivity index (χ1v) is 11.8. The quantitative estimate of drug-likeness (QED) is 0.198. The maximum atomic E-state index is 10.7. The predicted molar refractivity (Wildman–Crippen MR) is 103 cm³/mol. The van der Waals surface area contributed by atoms with E-state index in [0.29, 0.717) is 0 Å². The zero-order valence-electron chi connectivity index (χ0n) is 15.5. The van der Waals surface area contributed by atoms with Gasteiger partial charge in [-0.2, -0.15) is 0 Å². The minimum absolute atomic E-state index is 0.0441. The zero-order valence-corrected chi connectivity index (χ0v) is 18.4. The Balaban J connectivity index is 0.000000248. The van der Waals surface area contributed by atoms with E-state index in [4.69, 9.17) is 0 Å². The minimum Gasteiger partial charge on any atom is -0.744 e. The molecule has 3 aromatic rings. The van der Waals surface area contributed by atoms with Crippen LogP contribution in [0.2, 0.25) is 0 Å². The van der Waals surface area contributed by atoms with Crippen molar-refractivity contribution >= 4 is 21.5 Å². The Labute approximate surface area is 182 Å². The van der Waals surface area contributed by atoms with E-state index in [1.807, 2.05) is 6.92 Å². The summed E-state index contributed by atoms with van der Waals surface area (Å²) in [6, 6.07) is 18.6. The lowest BCUT2D eigenvalue weighted by Crippen LogP contribution is -3.61.